The number of thiazole rings is 1. The molecule has 0 aliphatic heterocycles. The van der Waals surface area contributed by atoms with E-state index in [1.807, 2.05) is 24.3 Å². The molecule has 0 aliphatic rings. The predicted molar refractivity (Wildman–Crippen MR) is 82.4 cm³/mol. The number of nitrogens with zero attached hydrogens (tertiary/aromatic N) is 2. The van der Waals surface area contributed by atoms with Gasteiger partial charge in [0.1, 0.15) is 0 Å². The lowest BCUT2D eigenvalue weighted by Crippen LogP contribution is -2.34. The van der Waals surface area contributed by atoms with Crippen molar-refractivity contribution < 1.29 is 14.3 Å². The van der Waals surface area contributed by atoms with Crippen LogP contribution in [0, 0.1) is 0 Å². The molecular formula is C14H17N3O3S. The molecule has 0 spiro atoms. The minimum absolute atomic E-state index is 0.0844. The number of carbonyl (C=O) groups is 2. The van der Waals surface area contributed by atoms with Crippen LogP contribution in [0.4, 0.5) is 5.13 Å². The van der Waals surface area contributed by atoms with E-state index in [0.29, 0.717) is 11.7 Å². The highest BCUT2D eigenvalue weighted by Gasteiger charge is 2.13. The summed E-state index contributed by atoms with van der Waals surface area (Å²) in [6.07, 6.45) is 0. The van der Waals surface area contributed by atoms with Crippen LogP contribution >= 0.6 is 11.3 Å². The summed E-state index contributed by atoms with van der Waals surface area (Å²) in [6, 6.07) is 7.68. The van der Waals surface area contributed by atoms with Gasteiger partial charge in [-0.1, -0.05) is 23.5 Å². The molecule has 1 N–H and O–H groups in total. The van der Waals surface area contributed by atoms with Crippen molar-refractivity contribution in [3.05, 3.63) is 24.3 Å². The van der Waals surface area contributed by atoms with E-state index < -0.39 is 0 Å². The molecule has 0 fully saturated rings. The van der Waals surface area contributed by atoms with E-state index in [-0.39, 0.29) is 25.0 Å². The largest absolute Gasteiger partial charge is 0.465 e. The molecule has 0 bridgehead atoms. The quantitative estimate of drug-likeness (QED) is 0.823. The third kappa shape index (κ3) is 4.51. The van der Waals surface area contributed by atoms with Gasteiger partial charge < -0.3 is 10.1 Å². The molecular weight excluding hydrogens is 290 g/mol. The van der Waals surface area contributed by atoms with E-state index in [0.717, 1.165) is 10.2 Å². The molecule has 2 aromatic rings. The fourth-order valence-corrected chi connectivity index (χ4v) is 2.69. The van der Waals surface area contributed by atoms with Crippen LogP contribution in [0.25, 0.3) is 10.2 Å². The summed E-state index contributed by atoms with van der Waals surface area (Å²) >= 11 is 1.42. The van der Waals surface area contributed by atoms with E-state index in [1.54, 1.807) is 18.9 Å². The van der Waals surface area contributed by atoms with Crippen LogP contribution in [0.1, 0.15) is 6.92 Å². The van der Waals surface area contributed by atoms with Gasteiger partial charge in [0.2, 0.25) is 5.91 Å². The number of carbonyl (C=O) groups excluding carboxylic acids is 2. The van der Waals surface area contributed by atoms with Crippen molar-refractivity contribution in [3.63, 3.8) is 0 Å². The summed E-state index contributed by atoms with van der Waals surface area (Å²) in [7, 11) is 1.69. The zero-order valence-electron chi connectivity index (χ0n) is 12.0. The van der Waals surface area contributed by atoms with Crippen LogP contribution in [0.5, 0.6) is 0 Å². The summed E-state index contributed by atoms with van der Waals surface area (Å²) in [6.45, 7) is 2.28. The molecule has 2 rings (SSSR count). The molecule has 0 atom stereocenters. The third-order valence-electron chi connectivity index (χ3n) is 2.66. The lowest BCUT2D eigenvalue weighted by atomic mass is 10.3. The van der Waals surface area contributed by atoms with E-state index in [1.165, 1.54) is 11.3 Å². The standard InChI is InChI=1S/C14H17N3O3S/c1-3-20-13(19)9-17(2)8-12(18)16-14-15-10-6-4-5-7-11(10)21-14/h4-7H,3,8-9H2,1-2H3,(H,15,16,18). The van der Waals surface area contributed by atoms with Crippen molar-refractivity contribution in [1.82, 2.24) is 9.88 Å². The van der Waals surface area contributed by atoms with Gasteiger partial charge >= 0.3 is 5.97 Å². The second-order valence-electron chi connectivity index (χ2n) is 4.51. The number of anilines is 1. The number of nitrogens with one attached hydrogen (secondary N) is 1. The average Bonchev–Trinajstić information content (AvgIpc) is 2.80. The number of likely N-dealkylation sites (N-methyl/N-ethyl adjacent to an activating group) is 1. The van der Waals surface area contributed by atoms with Gasteiger partial charge in [-0.2, -0.15) is 0 Å². The van der Waals surface area contributed by atoms with Gasteiger partial charge in [-0.15, -0.1) is 0 Å². The van der Waals surface area contributed by atoms with Gasteiger partial charge in [0.05, 0.1) is 29.9 Å². The first-order valence-corrected chi connectivity index (χ1v) is 7.39. The Bertz CT molecular complexity index is 608. The zero-order valence-corrected chi connectivity index (χ0v) is 12.8. The zero-order chi connectivity index (χ0) is 15.2. The molecule has 1 amide bonds. The number of para-hydroxylation sites is 1. The van der Waals surface area contributed by atoms with Gasteiger partial charge in [0, 0.05) is 0 Å². The Morgan fingerprint density at radius 1 is 1.33 bits per heavy atom. The second-order valence-corrected chi connectivity index (χ2v) is 5.54. The normalized spacial score (nSPS) is 10.8. The van der Waals surface area contributed by atoms with Crippen LogP contribution in [-0.2, 0) is 14.3 Å². The molecule has 21 heavy (non-hydrogen) atoms. The minimum Gasteiger partial charge on any atom is -0.465 e. The minimum atomic E-state index is -0.340. The first-order chi connectivity index (χ1) is 10.1. The van der Waals surface area contributed by atoms with Gasteiger partial charge in [0.15, 0.2) is 5.13 Å². The molecule has 0 saturated carbocycles. The number of fused-ring (bicyclic) bond motifs is 1. The van der Waals surface area contributed by atoms with Gasteiger partial charge in [-0.25, -0.2) is 4.98 Å². The van der Waals surface area contributed by atoms with E-state index in [2.05, 4.69) is 10.3 Å². The van der Waals surface area contributed by atoms with Crippen molar-refractivity contribution >= 4 is 38.6 Å². The van der Waals surface area contributed by atoms with Crippen LogP contribution in [0.3, 0.4) is 0 Å². The van der Waals surface area contributed by atoms with Crippen LogP contribution in [0.15, 0.2) is 24.3 Å². The maximum absolute atomic E-state index is 11.9. The molecule has 0 unspecified atom stereocenters. The second kappa shape index (κ2) is 7.14. The number of esters is 1. The number of benzene rings is 1. The lowest BCUT2D eigenvalue weighted by molar-refractivity contribution is -0.144. The number of amides is 1. The van der Waals surface area contributed by atoms with E-state index >= 15 is 0 Å². The molecule has 7 heteroatoms. The molecule has 0 saturated heterocycles. The molecule has 0 aliphatic carbocycles. The highest BCUT2D eigenvalue weighted by molar-refractivity contribution is 7.22. The van der Waals surface area contributed by atoms with Crippen molar-refractivity contribution in [2.45, 2.75) is 6.92 Å². The summed E-state index contributed by atoms with van der Waals surface area (Å²) in [5.41, 5.74) is 0.859. The Morgan fingerprint density at radius 2 is 2.10 bits per heavy atom. The number of ether oxygens (including phenoxy) is 1. The molecule has 112 valence electrons. The van der Waals surface area contributed by atoms with Gasteiger partial charge in [0.25, 0.3) is 0 Å². The summed E-state index contributed by atoms with van der Waals surface area (Å²) in [5, 5.41) is 3.30. The third-order valence-corrected chi connectivity index (χ3v) is 3.61. The SMILES string of the molecule is CCOC(=O)CN(C)CC(=O)Nc1nc2ccccc2s1. The van der Waals surface area contributed by atoms with Crippen molar-refractivity contribution in [2.24, 2.45) is 0 Å². The molecule has 1 aromatic carbocycles. The molecule has 1 aromatic heterocycles. The Balaban J connectivity index is 1.87. The Morgan fingerprint density at radius 3 is 2.81 bits per heavy atom. The van der Waals surface area contributed by atoms with Gasteiger partial charge in [-0.05, 0) is 26.1 Å². The monoisotopic (exact) mass is 307 g/mol. The first-order valence-electron chi connectivity index (χ1n) is 6.58. The Kier molecular flexibility index (Phi) is 5.24. The van der Waals surface area contributed by atoms with Crippen molar-refractivity contribution in [2.75, 3.05) is 32.1 Å². The van der Waals surface area contributed by atoms with Crippen molar-refractivity contribution in [1.29, 1.82) is 0 Å². The van der Waals surface area contributed by atoms with E-state index in [4.69, 9.17) is 4.74 Å². The van der Waals surface area contributed by atoms with Crippen LogP contribution < -0.4 is 5.32 Å². The highest BCUT2D eigenvalue weighted by atomic mass is 32.1. The predicted octanol–water partition coefficient (Wildman–Crippen LogP) is 1.73. The van der Waals surface area contributed by atoms with Gasteiger partial charge in [-0.3, -0.25) is 14.5 Å². The smallest absolute Gasteiger partial charge is 0.320 e. The number of aromatic nitrogens is 1. The molecule has 0 radical (unpaired) electrons. The average molecular weight is 307 g/mol. The first kappa shape index (κ1) is 15.4. The summed E-state index contributed by atoms with van der Waals surface area (Å²) in [4.78, 5) is 29.1. The Hall–Kier alpha value is -1.99. The summed E-state index contributed by atoms with van der Waals surface area (Å²) < 4.78 is 5.85. The maximum atomic E-state index is 11.9. The fraction of sp³-hybridized carbons (Fsp3) is 0.357. The number of hydrogen-bond acceptors (Lipinski definition) is 6. The fourth-order valence-electron chi connectivity index (χ4n) is 1.81. The summed E-state index contributed by atoms with van der Waals surface area (Å²) in [5.74, 6) is -0.548. The lowest BCUT2D eigenvalue weighted by Gasteiger charge is -2.14. The van der Waals surface area contributed by atoms with E-state index in [9.17, 15) is 9.59 Å². The highest BCUT2D eigenvalue weighted by Crippen LogP contribution is 2.25. The maximum Gasteiger partial charge on any atom is 0.320 e. The molecule has 6 nitrogen and oxygen atoms in total. The van der Waals surface area contributed by atoms with Crippen LogP contribution in [0.2, 0.25) is 0 Å². The topological polar surface area (TPSA) is 71.5 Å². The van der Waals surface area contributed by atoms with Crippen molar-refractivity contribution in [3.8, 4) is 0 Å². The number of rotatable bonds is 6. The Labute approximate surface area is 126 Å². The van der Waals surface area contributed by atoms with Crippen LogP contribution in [-0.4, -0.2) is 48.5 Å². The number of hydrogen-bond donors (Lipinski definition) is 1. The molecule has 1 heterocycles.